The third kappa shape index (κ3) is 3.25. The summed E-state index contributed by atoms with van der Waals surface area (Å²) in [6.07, 6.45) is 5.14. The van der Waals surface area contributed by atoms with Crippen molar-refractivity contribution in [2.45, 2.75) is 25.6 Å². The molecule has 3 heteroatoms. The zero-order valence-corrected chi connectivity index (χ0v) is 13.3. The van der Waals surface area contributed by atoms with Crippen molar-refractivity contribution in [3.63, 3.8) is 0 Å². The SMILES string of the molecule is C1=CN(C2CCN(Cc3ccccc3)C2)Cc2ccccc2O1. The van der Waals surface area contributed by atoms with Crippen LogP contribution in [0.2, 0.25) is 0 Å². The maximum atomic E-state index is 5.72. The summed E-state index contributed by atoms with van der Waals surface area (Å²) < 4.78 is 5.72. The van der Waals surface area contributed by atoms with Crippen molar-refractivity contribution in [1.29, 1.82) is 0 Å². The second-order valence-corrected chi connectivity index (χ2v) is 6.35. The van der Waals surface area contributed by atoms with Crippen LogP contribution in [-0.4, -0.2) is 28.9 Å². The summed E-state index contributed by atoms with van der Waals surface area (Å²) in [5, 5.41) is 0. The standard InChI is InChI=1S/C20H22N2O/c1-2-6-17(7-3-1)14-21-11-10-19(16-21)22-12-13-23-20-9-5-4-8-18(20)15-22/h1-9,12-13,19H,10-11,14-16H2. The maximum absolute atomic E-state index is 5.72. The second kappa shape index (κ2) is 6.47. The molecular formula is C20H22N2O. The molecule has 0 bridgehead atoms. The van der Waals surface area contributed by atoms with Crippen molar-refractivity contribution in [1.82, 2.24) is 9.80 Å². The number of para-hydroxylation sites is 1. The van der Waals surface area contributed by atoms with Crippen LogP contribution in [0.5, 0.6) is 5.75 Å². The van der Waals surface area contributed by atoms with Gasteiger partial charge in [0.25, 0.3) is 0 Å². The molecular weight excluding hydrogens is 284 g/mol. The monoisotopic (exact) mass is 306 g/mol. The first-order valence-electron chi connectivity index (χ1n) is 8.32. The van der Waals surface area contributed by atoms with Crippen molar-refractivity contribution in [2.75, 3.05) is 13.1 Å². The van der Waals surface area contributed by atoms with E-state index in [2.05, 4.69) is 58.5 Å². The Morgan fingerprint density at radius 2 is 1.83 bits per heavy atom. The Morgan fingerprint density at radius 1 is 1.00 bits per heavy atom. The molecule has 4 rings (SSSR count). The van der Waals surface area contributed by atoms with Gasteiger partial charge in [0.2, 0.25) is 0 Å². The number of hydrogen-bond acceptors (Lipinski definition) is 3. The molecule has 1 fully saturated rings. The number of hydrogen-bond donors (Lipinski definition) is 0. The molecule has 0 aliphatic carbocycles. The normalized spacial score (nSPS) is 20.9. The van der Waals surface area contributed by atoms with Crippen molar-refractivity contribution >= 4 is 0 Å². The Labute approximate surface area is 137 Å². The molecule has 3 nitrogen and oxygen atoms in total. The molecule has 0 N–H and O–H groups in total. The lowest BCUT2D eigenvalue weighted by Gasteiger charge is -2.26. The van der Waals surface area contributed by atoms with Crippen LogP contribution in [0.4, 0.5) is 0 Å². The minimum absolute atomic E-state index is 0.560. The summed E-state index contributed by atoms with van der Waals surface area (Å²) in [6, 6.07) is 19.6. The first-order chi connectivity index (χ1) is 11.4. The van der Waals surface area contributed by atoms with Crippen LogP contribution >= 0.6 is 0 Å². The highest BCUT2D eigenvalue weighted by Crippen LogP contribution is 2.27. The molecule has 118 valence electrons. The molecule has 2 aromatic rings. The number of ether oxygens (including phenoxy) is 1. The molecule has 23 heavy (non-hydrogen) atoms. The number of benzene rings is 2. The number of nitrogens with zero attached hydrogens (tertiary/aromatic N) is 2. The third-order valence-electron chi connectivity index (χ3n) is 4.74. The average molecular weight is 306 g/mol. The molecule has 1 unspecified atom stereocenters. The minimum atomic E-state index is 0.560. The van der Waals surface area contributed by atoms with Crippen LogP contribution in [0.1, 0.15) is 17.5 Å². The van der Waals surface area contributed by atoms with Gasteiger partial charge in [0.15, 0.2) is 0 Å². The lowest BCUT2D eigenvalue weighted by Crippen LogP contribution is -2.33. The molecule has 0 amide bonds. The lowest BCUT2D eigenvalue weighted by molar-refractivity contribution is 0.248. The first-order valence-corrected chi connectivity index (χ1v) is 8.32. The lowest BCUT2D eigenvalue weighted by atomic mass is 10.1. The molecule has 2 heterocycles. The van der Waals surface area contributed by atoms with E-state index >= 15 is 0 Å². The predicted octanol–water partition coefficient (Wildman–Crippen LogP) is 3.63. The molecule has 1 atom stereocenters. The van der Waals surface area contributed by atoms with Gasteiger partial charge in [-0.05, 0) is 18.1 Å². The van der Waals surface area contributed by atoms with Gasteiger partial charge in [-0.15, -0.1) is 0 Å². The number of likely N-dealkylation sites (tertiary alicyclic amines) is 1. The fraction of sp³-hybridized carbons (Fsp3) is 0.300. The van der Waals surface area contributed by atoms with Crippen molar-refractivity contribution < 1.29 is 4.74 Å². The van der Waals surface area contributed by atoms with Gasteiger partial charge < -0.3 is 9.64 Å². The Balaban J connectivity index is 1.42. The molecule has 2 aromatic carbocycles. The van der Waals surface area contributed by atoms with E-state index in [0.29, 0.717) is 6.04 Å². The van der Waals surface area contributed by atoms with Crippen molar-refractivity contribution in [3.8, 4) is 5.75 Å². The van der Waals surface area contributed by atoms with E-state index in [1.165, 1.54) is 17.5 Å². The molecule has 0 saturated carbocycles. The molecule has 1 saturated heterocycles. The zero-order valence-electron chi connectivity index (χ0n) is 13.3. The van der Waals surface area contributed by atoms with Gasteiger partial charge in [0.05, 0.1) is 0 Å². The zero-order chi connectivity index (χ0) is 15.5. The highest BCUT2D eigenvalue weighted by atomic mass is 16.5. The quantitative estimate of drug-likeness (QED) is 0.861. The van der Waals surface area contributed by atoms with Crippen LogP contribution in [-0.2, 0) is 13.1 Å². The van der Waals surface area contributed by atoms with E-state index in [9.17, 15) is 0 Å². The molecule has 0 spiro atoms. The van der Waals surface area contributed by atoms with Crippen LogP contribution in [0.15, 0.2) is 67.1 Å². The van der Waals surface area contributed by atoms with E-state index in [1.54, 1.807) is 0 Å². The Bertz CT molecular complexity index is 683. The van der Waals surface area contributed by atoms with Crippen molar-refractivity contribution in [2.24, 2.45) is 0 Å². The molecule has 0 aromatic heterocycles. The van der Waals surface area contributed by atoms with Gasteiger partial charge in [-0.3, -0.25) is 4.90 Å². The van der Waals surface area contributed by atoms with Crippen LogP contribution in [0.3, 0.4) is 0 Å². The fourth-order valence-electron chi connectivity index (χ4n) is 3.50. The third-order valence-corrected chi connectivity index (χ3v) is 4.74. The molecule has 0 radical (unpaired) electrons. The maximum Gasteiger partial charge on any atom is 0.131 e. The van der Waals surface area contributed by atoms with Gasteiger partial charge in [-0.25, -0.2) is 0 Å². The Morgan fingerprint density at radius 3 is 2.74 bits per heavy atom. The summed E-state index contributed by atoms with van der Waals surface area (Å²) >= 11 is 0. The Kier molecular flexibility index (Phi) is 4.03. The molecule has 2 aliphatic rings. The van der Waals surface area contributed by atoms with E-state index in [4.69, 9.17) is 4.74 Å². The average Bonchev–Trinajstić information content (AvgIpc) is 2.93. The summed E-state index contributed by atoms with van der Waals surface area (Å²) in [6.45, 7) is 4.24. The van der Waals surface area contributed by atoms with Gasteiger partial charge >= 0.3 is 0 Å². The van der Waals surface area contributed by atoms with Gasteiger partial charge in [0.1, 0.15) is 12.0 Å². The summed E-state index contributed by atoms with van der Waals surface area (Å²) in [5.41, 5.74) is 2.66. The summed E-state index contributed by atoms with van der Waals surface area (Å²) in [5.74, 6) is 0.977. The second-order valence-electron chi connectivity index (χ2n) is 6.35. The number of fused-ring (bicyclic) bond motifs is 1. The largest absolute Gasteiger partial charge is 0.463 e. The van der Waals surface area contributed by atoms with Gasteiger partial charge in [-0.2, -0.15) is 0 Å². The highest BCUT2D eigenvalue weighted by molar-refractivity contribution is 5.35. The number of rotatable bonds is 3. The molecule has 2 aliphatic heterocycles. The minimum Gasteiger partial charge on any atom is -0.463 e. The van der Waals surface area contributed by atoms with Crippen LogP contribution < -0.4 is 4.74 Å². The Hall–Kier alpha value is -2.26. The van der Waals surface area contributed by atoms with Crippen molar-refractivity contribution in [3.05, 3.63) is 78.2 Å². The fourth-order valence-corrected chi connectivity index (χ4v) is 3.50. The highest BCUT2D eigenvalue weighted by Gasteiger charge is 2.27. The topological polar surface area (TPSA) is 15.7 Å². The summed E-state index contributed by atoms with van der Waals surface area (Å²) in [4.78, 5) is 4.97. The van der Waals surface area contributed by atoms with Gasteiger partial charge in [-0.1, -0.05) is 48.5 Å². The summed E-state index contributed by atoms with van der Waals surface area (Å²) in [7, 11) is 0. The predicted molar refractivity (Wildman–Crippen MR) is 91.9 cm³/mol. The van der Waals surface area contributed by atoms with E-state index < -0.39 is 0 Å². The smallest absolute Gasteiger partial charge is 0.131 e. The first kappa shape index (κ1) is 14.3. The van der Waals surface area contributed by atoms with E-state index in [1.807, 2.05) is 18.4 Å². The van der Waals surface area contributed by atoms with Gasteiger partial charge in [0, 0.05) is 44.0 Å². The van der Waals surface area contributed by atoms with E-state index in [0.717, 1.165) is 31.9 Å². The van der Waals surface area contributed by atoms with E-state index in [-0.39, 0.29) is 0 Å². The van der Waals surface area contributed by atoms with Crippen LogP contribution in [0, 0.1) is 0 Å². The van der Waals surface area contributed by atoms with Crippen LogP contribution in [0.25, 0.3) is 0 Å².